The van der Waals surface area contributed by atoms with Crippen LogP contribution in [0.3, 0.4) is 0 Å². The molecule has 142 valence electrons. The molecule has 10 heteroatoms. The molecule has 0 radical (unpaired) electrons. The maximum atomic E-state index is 14.0. The summed E-state index contributed by atoms with van der Waals surface area (Å²) in [6.07, 6.45) is 1.34. The van der Waals surface area contributed by atoms with Crippen molar-refractivity contribution >= 4 is 11.2 Å². The number of halogens is 4. The van der Waals surface area contributed by atoms with Crippen molar-refractivity contribution in [3.05, 3.63) is 76.3 Å². The van der Waals surface area contributed by atoms with Crippen molar-refractivity contribution in [1.29, 1.82) is 0 Å². The quantitative estimate of drug-likeness (QED) is 0.397. The Morgan fingerprint density at radius 1 is 0.964 bits per heavy atom. The van der Waals surface area contributed by atoms with E-state index in [0.717, 1.165) is 22.8 Å². The van der Waals surface area contributed by atoms with Crippen molar-refractivity contribution in [2.24, 2.45) is 7.05 Å². The molecule has 2 heterocycles. The smallest absolute Gasteiger partial charge is 0.311 e. The molecule has 0 fully saturated rings. The van der Waals surface area contributed by atoms with Crippen LogP contribution in [0.4, 0.5) is 17.6 Å². The van der Waals surface area contributed by atoms with E-state index in [9.17, 15) is 22.4 Å². The number of hydrogen-bond acceptors (Lipinski definition) is 4. The van der Waals surface area contributed by atoms with E-state index in [-0.39, 0.29) is 16.9 Å². The maximum absolute atomic E-state index is 14.0. The lowest BCUT2D eigenvalue weighted by molar-refractivity contribution is 0.371. The summed E-state index contributed by atoms with van der Waals surface area (Å²) in [5, 5.41) is 0. The average Bonchev–Trinajstić information content (AvgIpc) is 3.05. The summed E-state index contributed by atoms with van der Waals surface area (Å²) in [5.41, 5.74) is -0.397. The predicted molar refractivity (Wildman–Crippen MR) is 90.5 cm³/mol. The topological polar surface area (TPSA) is 61.9 Å². The van der Waals surface area contributed by atoms with Gasteiger partial charge >= 0.3 is 6.01 Å². The van der Waals surface area contributed by atoms with Crippen LogP contribution in [0, 0.1) is 23.3 Å². The Bertz CT molecular complexity index is 1270. The largest absolute Gasteiger partial charge is 0.422 e. The lowest BCUT2D eigenvalue weighted by Gasteiger charge is -2.13. The third kappa shape index (κ3) is 2.79. The molecule has 0 aliphatic carbocycles. The number of fused-ring (bicyclic) bond motifs is 1. The monoisotopic (exact) mass is 390 g/mol. The normalized spacial score (nSPS) is 11.2. The van der Waals surface area contributed by atoms with Gasteiger partial charge in [-0.05, 0) is 36.4 Å². The van der Waals surface area contributed by atoms with Gasteiger partial charge in [-0.15, -0.1) is 0 Å². The number of benzene rings is 2. The van der Waals surface area contributed by atoms with E-state index >= 15 is 0 Å². The van der Waals surface area contributed by atoms with Gasteiger partial charge in [0.2, 0.25) is 5.82 Å². The first-order valence-corrected chi connectivity index (χ1v) is 7.88. The summed E-state index contributed by atoms with van der Waals surface area (Å²) < 4.78 is 61.7. The highest BCUT2D eigenvalue weighted by Gasteiger charge is 2.21. The van der Waals surface area contributed by atoms with Crippen LogP contribution in [-0.2, 0) is 7.05 Å². The zero-order valence-corrected chi connectivity index (χ0v) is 14.2. The van der Waals surface area contributed by atoms with Gasteiger partial charge in [0.15, 0.2) is 28.5 Å². The van der Waals surface area contributed by atoms with E-state index < -0.39 is 40.6 Å². The van der Waals surface area contributed by atoms with Gasteiger partial charge in [-0.3, -0.25) is 4.79 Å². The third-order valence-corrected chi connectivity index (χ3v) is 3.99. The van der Waals surface area contributed by atoms with E-state index in [1.54, 1.807) is 7.05 Å². The molecule has 0 amide bonds. The Kier molecular flexibility index (Phi) is 4.10. The Labute approximate surface area is 154 Å². The van der Waals surface area contributed by atoms with Gasteiger partial charge in [0.25, 0.3) is 5.56 Å². The molecule has 2 aromatic heterocycles. The molecule has 0 saturated carbocycles. The predicted octanol–water partition coefficient (Wildman–Crippen LogP) is 3.47. The third-order valence-electron chi connectivity index (χ3n) is 3.99. The minimum atomic E-state index is -1.73. The highest BCUT2D eigenvalue weighted by Crippen LogP contribution is 2.28. The molecule has 0 atom stereocenters. The van der Waals surface area contributed by atoms with Crippen molar-refractivity contribution in [3.63, 3.8) is 0 Å². The van der Waals surface area contributed by atoms with Gasteiger partial charge < -0.3 is 9.30 Å². The van der Waals surface area contributed by atoms with Crippen LogP contribution in [0.1, 0.15) is 0 Å². The fourth-order valence-corrected chi connectivity index (χ4v) is 2.61. The van der Waals surface area contributed by atoms with E-state index in [1.807, 2.05) is 0 Å². The zero-order chi connectivity index (χ0) is 20.0. The highest BCUT2D eigenvalue weighted by molar-refractivity contribution is 5.70. The molecule has 6 nitrogen and oxygen atoms in total. The molecule has 0 saturated heterocycles. The van der Waals surface area contributed by atoms with Crippen LogP contribution in [0.2, 0.25) is 0 Å². The summed E-state index contributed by atoms with van der Waals surface area (Å²) >= 11 is 0. The second-order valence-electron chi connectivity index (χ2n) is 5.81. The minimum Gasteiger partial charge on any atom is -0.422 e. The van der Waals surface area contributed by atoms with E-state index in [2.05, 4.69) is 9.97 Å². The molecule has 28 heavy (non-hydrogen) atoms. The molecular weight excluding hydrogens is 380 g/mol. The SMILES string of the molecule is Cn1cnc2c(=O)n(-c3ccc(F)cc3)c(Oc3ccc(F)c(F)c3F)nc21. The Morgan fingerprint density at radius 3 is 2.39 bits per heavy atom. The van der Waals surface area contributed by atoms with Gasteiger partial charge in [-0.1, -0.05) is 0 Å². The first kappa shape index (κ1) is 17.7. The van der Waals surface area contributed by atoms with Gasteiger partial charge in [0, 0.05) is 7.05 Å². The first-order valence-electron chi connectivity index (χ1n) is 7.88. The molecule has 0 spiro atoms. The standard InChI is InChI=1S/C18H10F4N4O2/c1-25-8-23-15-16(25)24-18(28-12-7-6-11(20)13(21)14(12)22)26(17(15)27)10-4-2-9(19)3-5-10/h2-8H,1H3. The Morgan fingerprint density at radius 2 is 1.68 bits per heavy atom. The fraction of sp³-hybridized carbons (Fsp3) is 0.0556. The van der Waals surface area contributed by atoms with E-state index in [1.165, 1.54) is 23.0 Å². The molecular formula is C18H10F4N4O2. The van der Waals surface area contributed by atoms with E-state index in [4.69, 9.17) is 4.74 Å². The number of ether oxygens (including phenoxy) is 1. The molecule has 0 unspecified atom stereocenters. The van der Waals surface area contributed by atoms with Crippen LogP contribution in [0.25, 0.3) is 16.9 Å². The lowest BCUT2D eigenvalue weighted by Crippen LogP contribution is -2.22. The second-order valence-corrected chi connectivity index (χ2v) is 5.81. The van der Waals surface area contributed by atoms with Crippen molar-refractivity contribution in [2.75, 3.05) is 0 Å². The zero-order valence-electron chi connectivity index (χ0n) is 14.2. The van der Waals surface area contributed by atoms with Crippen LogP contribution in [-0.4, -0.2) is 19.1 Å². The molecule has 4 rings (SSSR count). The fourth-order valence-electron chi connectivity index (χ4n) is 2.61. The van der Waals surface area contributed by atoms with Crippen LogP contribution in [0.15, 0.2) is 47.5 Å². The molecule has 2 aromatic carbocycles. The maximum Gasteiger partial charge on any atom is 0.311 e. The number of aromatic nitrogens is 4. The number of rotatable bonds is 3. The van der Waals surface area contributed by atoms with Gasteiger partial charge in [-0.2, -0.15) is 9.37 Å². The van der Waals surface area contributed by atoms with Crippen molar-refractivity contribution < 1.29 is 22.3 Å². The number of aryl methyl sites for hydroxylation is 1. The van der Waals surface area contributed by atoms with Crippen molar-refractivity contribution in [1.82, 2.24) is 19.1 Å². The lowest BCUT2D eigenvalue weighted by atomic mass is 10.3. The Balaban J connectivity index is 1.97. The number of hydrogen-bond donors (Lipinski definition) is 0. The van der Waals surface area contributed by atoms with Crippen molar-refractivity contribution in [3.8, 4) is 17.4 Å². The summed E-state index contributed by atoms with van der Waals surface area (Å²) in [4.78, 5) is 21.0. The molecule has 0 aliphatic rings. The van der Waals surface area contributed by atoms with Crippen molar-refractivity contribution in [2.45, 2.75) is 0 Å². The molecule has 0 bridgehead atoms. The highest BCUT2D eigenvalue weighted by atomic mass is 19.2. The average molecular weight is 390 g/mol. The Hall–Kier alpha value is -3.69. The number of imidazole rings is 1. The molecule has 0 N–H and O–H groups in total. The van der Waals surface area contributed by atoms with Crippen LogP contribution >= 0.6 is 0 Å². The molecule has 0 aliphatic heterocycles. The summed E-state index contributed by atoms with van der Waals surface area (Å²) in [6.45, 7) is 0. The van der Waals surface area contributed by atoms with Gasteiger partial charge in [-0.25, -0.2) is 22.7 Å². The summed E-state index contributed by atoms with van der Waals surface area (Å²) in [5.74, 6) is -5.92. The van der Waals surface area contributed by atoms with Gasteiger partial charge in [0.05, 0.1) is 12.0 Å². The number of nitrogens with zero attached hydrogens (tertiary/aromatic N) is 4. The van der Waals surface area contributed by atoms with E-state index in [0.29, 0.717) is 6.07 Å². The summed E-state index contributed by atoms with van der Waals surface area (Å²) in [6, 6.07) is 5.87. The van der Waals surface area contributed by atoms with Crippen LogP contribution < -0.4 is 10.3 Å². The first-order chi connectivity index (χ1) is 13.4. The summed E-state index contributed by atoms with van der Waals surface area (Å²) in [7, 11) is 1.58. The van der Waals surface area contributed by atoms with Crippen LogP contribution in [0.5, 0.6) is 11.8 Å². The second kappa shape index (κ2) is 6.48. The minimum absolute atomic E-state index is 0.00932. The van der Waals surface area contributed by atoms with Gasteiger partial charge in [0.1, 0.15) is 5.82 Å². The molecule has 4 aromatic rings.